The molecular formula is C37H40N2S. The third-order valence-electron chi connectivity index (χ3n) is 8.18. The first-order chi connectivity index (χ1) is 19.4. The highest BCUT2D eigenvalue weighted by atomic mass is 32.1. The first-order valence-corrected chi connectivity index (χ1v) is 15.2. The van der Waals surface area contributed by atoms with Gasteiger partial charge in [-0.25, -0.2) is 0 Å². The molecule has 3 heteroatoms. The van der Waals surface area contributed by atoms with E-state index < -0.39 is 0 Å². The number of nitrogens with zero attached hydrogens (tertiary/aromatic N) is 1. The second-order valence-electron chi connectivity index (χ2n) is 11.3. The van der Waals surface area contributed by atoms with E-state index in [1.807, 2.05) is 18.3 Å². The highest BCUT2D eigenvalue weighted by Crippen LogP contribution is 2.41. The van der Waals surface area contributed by atoms with Crippen LogP contribution in [0.5, 0.6) is 0 Å². The summed E-state index contributed by atoms with van der Waals surface area (Å²) in [7, 11) is 0. The summed E-state index contributed by atoms with van der Waals surface area (Å²) in [6.45, 7) is 13.9. The molecule has 1 saturated heterocycles. The first-order valence-electron chi connectivity index (χ1n) is 14.3. The smallest absolute Gasteiger partial charge is 0.0386 e. The Kier molecular flexibility index (Phi) is 8.90. The largest absolute Gasteiger partial charge is 0.359 e. The molecule has 5 rings (SSSR count). The summed E-state index contributed by atoms with van der Waals surface area (Å²) in [5.74, 6) is 6.20. The number of piperidine rings is 1. The summed E-state index contributed by atoms with van der Waals surface area (Å²) >= 11 is 1.86. The van der Waals surface area contributed by atoms with Crippen LogP contribution in [-0.2, 0) is 12.0 Å². The first kappa shape index (κ1) is 28.0. The van der Waals surface area contributed by atoms with Gasteiger partial charge < -0.3 is 5.32 Å². The maximum atomic E-state index is 4.43. The van der Waals surface area contributed by atoms with Crippen molar-refractivity contribution in [1.82, 2.24) is 4.90 Å². The van der Waals surface area contributed by atoms with E-state index in [9.17, 15) is 0 Å². The van der Waals surface area contributed by atoms with E-state index in [0.717, 1.165) is 62.3 Å². The molecule has 0 unspecified atom stereocenters. The second-order valence-corrected chi connectivity index (χ2v) is 12.3. The normalized spacial score (nSPS) is 14.8. The maximum absolute atomic E-state index is 4.43. The lowest BCUT2D eigenvalue weighted by Crippen LogP contribution is -2.42. The van der Waals surface area contributed by atoms with Crippen molar-refractivity contribution in [3.63, 3.8) is 0 Å². The van der Waals surface area contributed by atoms with Crippen LogP contribution in [0.25, 0.3) is 11.1 Å². The fourth-order valence-corrected chi connectivity index (χ4v) is 6.83. The minimum Gasteiger partial charge on any atom is -0.359 e. The van der Waals surface area contributed by atoms with E-state index >= 15 is 0 Å². The Morgan fingerprint density at radius 1 is 0.925 bits per heavy atom. The van der Waals surface area contributed by atoms with Crippen molar-refractivity contribution in [2.24, 2.45) is 0 Å². The van der Waals surface area contributed by atoms with Crippen LogP contribution in [0, 0.1) is 25.7 Å². The molecule has 2 nitrogen and oxygen atoms in total. The number of hydrogen-bond donors (Lipinski definition) is 1. The zero-order valence-electron chi connectivity index (χ0n) is 24.1. The zero-order chi connectivity index (χ0) is 28.0. The summed E-state index contributed by atoms with van der Waals surface area (Å²) in [6, 6.07) is 28.9. The van der Waals surface area contributed by atoms with Crippen molar-refractivity contribution in [3.8, 4) is 23.0 Å². The summed E-state index contributed by atoms with van der Waals surface area (Å²) in [6.07, 6.45) is 4.38. The van der Waals surface area contributed by atoms with Gasteiger partial charge in [0.05, 0.1) is 0 Å². The van der Waals surface area contributed by atoms with Crippen molar-refractivity contribution in [3.05, 3.63) is 124 Å². The fraction of sp³-hybridized carbons (Fsp3) is 0.297. The number of benzene rings is 3. The molecule has 1 aliphatic heterocycles. The molecule has 1 aliphatic rings. The molecule has 40 heavy (non-hydrogen) atoms. The average Bonchev–Trinajstić information content (AvgIpc) is 3.46. The van der Waals surface area contributed by atoms with Gasteiger partial charge in [-0.1, -0.05) is 61.0 Å². The molecule has 1 aromatic heterocycles. The summed E-state index contributed by atoms with van der Waals surface area (Å²) in [4.78, 5) is 4.08. The highest BCUT2D eigenvalue weighted by molar-refractivity contribution is 7.09. The number of allylic oxidation sites excluding steroid dienone is 1. The van der Waals surface area contributed by atoms with E-state index in [0.29, 0.717) is 0 Å². The van der Waals surface area contributed by atoms with E-state index in [2.05, 4.69) is 127 Å². The summed E-state index contributed by atoms with van der Waals surface area (Å²) in [5, 5.41) is 5.79. The van der Waals surface area contributed by atoms with Gasteiger partial charge in [0.25, 0.3) is 0 Å². The SMILES string of the molecule is C=C(CCC1(c2ccc(-c3cccc(C#CC)c3)cc2)CCN(Cc2cccs2)CC1)Nc1cc(C)cc(C)c1. The van der Waals surface area contributed by atoms with Crippen LogP contribution >= 0.6 is 11.3 Å². The quantitative estimate of drug-likeness (QED) is 0.211. The van der Waals surface area contributed by atoms with Gasteiger partial charge in [-0.2, -0.15) is 0 Å². The molecule has 0 saturated carbocycles. The number of thiophene rings is 1. The molecule has 2 heterocycles. The van der Waals surface area contributed by atoms with Gasteiger partial charge in [0.15, 0.2) is 0 Å². The number of nitrogens with one attached hydrogen (secondary N) is 1. The number of rotatable bonds is 9. The van der Waals surface area contributed by atoms with Crippen molar-refractivity contribution in [2.75, 3.05) is 18.4 Å². The summed E-state index contributed by atoms with van der Waals surface area (Å²) in [5.41, 5.74) is 9.91. The third kappa shape index (κ3) is 6.94. The van der Waals surface area contributed by atoms with Crippen molar-refractivity contribution >= 4 is 17.0 Å². The Bertz CT molecular complexity index is 1470. The molecule has 3 aromatic carbocycles. The molecule has 0 spiro atoms. The second kappa shape index (κ2) is 12.7. The van der Waals surface area contributed by atoms with Crippen LogP contribution in [0.4, 0.5) is 5.69 Å². The van der Waals surface area contributed by atoms with Gasteiger partial charge in [0.2, 0.25) is 0 Å². The van der Waals surface area contributed by atoms with E-state index in [4.69, 9.17) is 0 Å². The van der Waals surface area contributed by atoms with Crippen LogP contribution in [0.15, 0.2) is 96.5 Å². The monoisotopic (exact) mass is 544 g/mol. The van der Waals surface area contributed by atoms with Crippen molar-refractivity contribution in [1.29, 1.82) is 0 Å². The zero-order valence-corrected chi connectivity index (χ0v) is 24.9. The molecule has 0 radical (unpaired) electrons. The molecule has 204 valence electrons. The van der Waals surface area contributed by atoms with Gasteiger partial charge in [-0.15, -0.1) is 17.3 Å². The van der Waals surface area contributed by atoms with E-state index in [1.54, 1.807) is 0 Å². The van der Waals surface area contributed by atoms with Crippen LogP contribution in [0.1, 0.15) is 59.7 Å². The lowest BCUT2D eigenvalue weighted by molar-refractivity contribution is 0.147. The fourth-order valence-electron chi connectivity index (χ4n) is 6.09. The van der Waals surface area contributed by atoms with Gasteiger partial charge in [-0.3, -0.25) is 4.90 Å². The van der Waals surface area contributed by atoms with E-state index in [-0.39, 0.29) is 5.41 Å². The Labute approximate surface area is 244 Å². The Morgan fingerprint density at radius 3 is 2.35 bits per heavy atom. The van der Waals surface area contributed by atoms with Gasteiger partial charge >= 0.3 is 0 Å². The van der Waals surface area contributed by atoms with Crippen LogP contribution in [0.2, 0.25) is 0 Å². The number of anilines is 1. The van der Waals surface area contributed by atoms with Crippen LogP contribution in [0.3, 0.4) is 0 Å². The van der Waals surface area contributed by atoms with Gasteiger partial charge in [0, 0.05) is 28.4 Å². The lowest BCUT2D eigenvalue weighted by Gasteiger charge is -2.43. The molecule has 0 bridgehead atoms. The third-order valence-corrected chi connectivity index (χ3v) is 9.04. The van der Waals surface area contributed by atoms with Crippen molar-refractivity contribution in [2.45, 2.75) is 58.4 Å². The number of hydrogen-bond acceptors (Lipinski definition) is 3. The molecule has 0 atom stereocenters. The van der Waals surface area contributed by atoms with Gasteiger partial charge in [0.1, 0.15) is 0 Å². The van der Waals surface area contributed by atoms with Crippen LogP contribution in [-0.4, -0.2) is 18.0 Å². The Balaban J connectivity index is 1.34. The standard InChI is InChI=1S/C37H40N2S/c1-5-8-31-9-6-10-33(26-31)32-12-14-34(15-13-32)37(18-20-39(21-19-37)27-36-11-7-22-40-36)17-16-30(4)38-35-24-28(2)23-29(3)25-35/h6-7,9-15,22-26,38H,4,16-21,27H2,1-3H3. The molecule has 1 fully saturated rings. The average molecular weight is 545 g/mol. The lowest BCUT2D eigenvalue weighted by atomic mass is 9.69. The predicted octanol–water partition coefficient (Wildman–Crippen LogP) is 9.34. The minimum atomic E-state index is 0.146. The van der Waals surface area contributed by atoms with E-state index in [1.165, 1.54) is 32.7 Å². The Hall–Kier alpha value is -3.58. The molecule has 0 aliphatic carbocycles. The van der Waals surface area contributed by atoms with Crippen molar-refractivity contribution < 1.29 is 0 Å². The Morgan fingerprint density at radius 2 is 1.68 bits per heavy atom. The van der Waals surface area contributed by atoms with Gasteiger partial charge in [-0.05, 0) is 128 Å². The summed E-state index contributed by atoms with van der Waals surface area (Å²) < 4.78 is 0. The van der Waals surface area contributed by atoms with Crippen LogP contribution < -0.4 is 5.32 Å². The molecule has 0 amide bonds. The predicted molar refractivity (Wildman–Crippen MR) is 173 cm³/mol. The number of aryl methyl sites for hydroxylation is 2. The maximum Gasteiger partial charge on any atom is 0.0386 e. The molecule has 4 aromatic rings. The molecule has 1 N–H and O–H groups in total. The molecular weight excluding hydrogens is 504 g/mol. The topological polar surface area (TPSA) is 15.3 Å². The number of likely N-dealkylation sites (tertiary alicyclic amines) is 1. The highest BCUT2D eigenvalue weighted by Gasteiger charge is 2.36. The minimum absolute atomic E-state index is 0.146.